The number of unbranched alkanes of at least 4 members (excludes halogenated alkanes) is 5. The first-order valence-corrected chi connectivity index (χ1v) is 21.0. The normalized spacial score (nSPS) is 36.8. The molecule has 0 spiro atoms. The van der Waals surface area contributed by atoms with Gasteiger partial charge in [0.25, 0.3) is 0 Å². The van der Waals surface area contributed by atoms with Crippen LogP contribution in [-0.2, 0) is 14.2 Å². The summed E-state index contributed by atoms with van der Waals surface area (Å²) in [6, 6.07) is 0. The molecule has 4 saturated carbocycles. The quantitative estimate of drug-likeness (QED) is 0.0786. The van der Waals surface area contributed by atoms with Gasteiger partial charge in [-0.05, 0) is 157 Å². The predicted octanol–water partition coefficient (Wildman–Crippen LogP) is 7.43. The van der Waals surface area contributed by atoms with Gasteiger partial charge in [0.1, 0.15) is 0 Å². The van der Waals surface area contributed by atoms with Gasteiger partial charge in [0.05, 0.1) is 18.3 Å². The molecule has 0 aromatic carbocycles. The van der Waals surface area contributed by atoms with Gasteiger partial charge in [-0.2, -0.15) is 0 Å². The lowest BCUT2D eigenvalue weighted by molar-refractivity contribution is -0.227. The summed E-state index contributed by atoms with van der Waals surface area (Å²) in [4.78, 5) is 0. The van der Waals surface area contributed by atoms with Gasteiger partial charge in [0.15, 0.2) is 0 Å². The van der Waals surface area contributed by atoms with Gasteiger partial charge < -0.3 is 36.7 Å². The van der Waals surface area contributed by atoms with Gasteiger partial charge in [0, 0.05) is 25.2 Å². The Bertz CT molecular complexity index is 879. The van der Waals surface area contributed by atoms with Crippen molar-refractivity contribution < 1.29 is 14.2 Å². The molecule has 0 aromatic heterocycles. The zero-order valence-electron chi connectivity index (χ0n) is 32.0. The third-order valence-electron chi connectivity index (χ3n) is 14.2. The Morgan fingerprint density at radius 2 is 1.38 bits per heavy atom. The number of hydrogen-bond acceptors (Lipinski definition) is 7. The molecule has 0 aliphatic heterocycles. The van der Waals surface area contributed by atoms with Crippen LogP contribution in [0.3, 0.4) is 0 Å². The maximum Gasteiger partial charge on any atom is 0.0637 e. The Kier molecular flexibility index (Phi) is 17.4. The van der Waals surface area contributed by atoms with Crippen LogP contribution < -0.4 is 22.5 Å². The topological polar surface area (TPSA) is 118 Å². The highest BCUT2D eigenvalue weighted by Crippen LogP contribution is 2.69. The highest BCUT2D eigenvalue weighted by molar-refractivity contribution is 5.15. The number of nitrogens with two attached hydrogens (primary N) is 3. The second kappa shape index (κ2) is 20.7. The highest BCUT2D eigenvalue weighted by atomic mass is 16.5. The summed E-state index contributed by atoms with van der Waals surface area (Å²) in [5.74, 6) is 3.92. The van der Waals surface area contributed by atoms with Crippen LogP contribution in [-0.4, -0.2) is 70.9 Å². The second-order valence-electron chi connectivity index (χ2n) is 17.1. The minimum atomic E-state index is 0.183. The molecule has 11 atom stereocenters. The Labute approximate surface area is 296 Å². The van der Waals surface area contributed by atoms with Crippen LogP contribution in [0.4, 0.5) is 0 Å². The molecule has 4 fully saturated rings. The Balaban J connectivity index is 1.46. The molecule has 0 saturated heterocycles. The van der Waals surface area contributed by atoms with Gasteiger partial charge in [-0.25, -0.2) is 0 Å². The number of ether oxygens (including phenoxy) is 3. The van der Waals surface area contributed by atoms with Crippen LogP contribution in [0, 0.1) is 46.3 Å². The summed E-state index contributed by atoms with van der Waals surface area (Å²) in [6.07, 6.45) is 23.2. The van der Waals surface area contributed by atoms with Crippen molar-refractivity contribution in [3.05, 3.63) is 0 Å². The molecule has 7 heteroatoms. The van der Waals surface area contributed by atoms with Gasteiger partial charge in [-0.15, -0.1) is 0 Å². The molecule has 7 N–H and O–H groups in total. The second-order valence-corrected chi connectivity index (χ2v) is 17.1. The third-order valence-corrected chi connectivity index (χ3v) is 14.2. The molecule has 4 aliphatic rings. The van der Waals surface area contributed by atoms with E-state index >= 15 is 0 Å². The van der Waals surface area contributed by atoms with Gasteiger partial charge >= 0.3 is 0 Å². The Hall–Kier alpha value is -0.280. The molecule has 0 radical (unpaired) electrons. The van der Waals surface area contributed by atoms with E-state index in [0.29, 0.717) is 78.9 Å². The molecule has 48 heavy (non-hydrogen) atoms. The monoisotopic (exact) mass is 677 g/mol. The van der Waals surface area contributed by atoms with Crippen molar-refractivity contribution in [3.63, 3.8) is 0 Å². The van der Waals surface area contributed by atoms with Crippen LogP contribution in [0.25, 0.3) is 0 Å². The standard InChI is InChI=1S/C41H80N4O3/c1-5-6-7-8-9-10-23-45-24-11-15-31(2)34-16-17-35-39-36(30-38(41(34,35)4)48-27-14-22-44)40(3)19-18-33(46-25-12-20-42)28-32(40)29-37(39)47-26-13-21-43/h31-39,45H,5-30,42-44H2,1-4H3/t31?,32?,33-,34-,35+,36+,37-,38+,39?,40+,41-/m1/s1. The maximum absolute atomic E-state index is 7.03. The van der Waals surface area contributed by atoms with Crippen molar-refractivity contribution in [2.45, 2.75) is 162 Å². The molecule has 0 heterocycles. The lowest BCUT2D eigenvalue weighted by Gasteiger charge is -2.65. The molecular weight excluding hydrogens is 596 g/mol. The van der Waals surface area contributed by atoms with E-state index in [1.807, 2.05) is 0 Å². The minimum absolute atomic E-state index is 0.183. The number of rotatable bonds is 24. The van der Waals surface area contributed by atoms with E-state index in [1.165, 1.54) is 96.4 Å². The molecule has 7 nitrogen and oxygen atoms in total. The first-order chi connectivity index (χ1) is 23.3. The third kappa shape index (κ3) is 9.98. The Morgan fingerprint density at radius 1 is 0.708 bits per heavy atom. The van der Waals surface area contributed by atoms with E-state index < -0.39 is 0 Å². The summed E-state index contributed by atoms with van der Waals surface area (Å²) >= 11 is 0. The lowest BCUT2D eigenvalue weighted by Crippen LogP contribution is -2.63. The smallest absolute Gasteiger partial charge is 0.0637 e. The van der Waals surface area contributed by atoms with Crippen LogP contribution in [0.5, 0.6) is 0 Å². The number of fused-ring (bicyclic) bond motifs is 5. The van der Waals surface area contributed by atoms with E-state index in [0.717, 1.165) is 52.0 Å². The molecule has 282 valence electrons. The summed E-state index contributed by atoms with van der Waals surface area (Å²) in [5.41, 5.74) is 18.3. The summed E-state index contributed by atoms with van der Waals surface area (Å²) < 4.78 is 20.4. The maximum atomic E-state index is 7.03. The number of hydrogen-bond donors (Lipinski definition) is 4. The largest absolute Gasteiger partial charge is 0.378 e. The van der Waals surface area contributed by atoms with E-state index in [9.17, 15) is 0 Å². The van der Waals surface area contributed by atoms with Crippen molar-refractivity contribution >= 4 is 0 Å². The van der Waals surface area contributed by atoms with E-state index in [-0.39, 0.29) is 5.41 Å². The van der Waals surface area contributed by atoms with Crippen LogP contribution in [0.2, 0.25) is 0 Å². The molecule has 0 aromatic rings. The molecule has 4 rings (SSSR count). The predicted molar refractivity (Wildman–Crippen MR) is 201 cm³/mol. The van der Waals surface area contributed by atoms with Crippen molar-refractivity contribution in [3.8, 4) is 0 Å². The van der Waals surface area contributed by atoms with Gasteiger partial charge in [-0.3, -0.25) is 0 Å². The Morgan fingerprint density at radius 3 is 2.10 bits per heavy atom. The summed E-state index contributed by atoms with van der Waals surface area (Å²) in [6.45, 7) is 17.0. The van der Waals surface area contributed by atoms with E-state index in [1.54, 1.807) is 0 Å². The summed E-state index contributed by atoms with van der Waals surface area (Å²) in [7, 11) is 0. The molecule has 0 bridgehead atoms. The van der Waals surface area contributed by atoms with Crippen LogP contribution in [0.1, 0.15) is 143 Å². The zero-order chi connectivity index (χ0) is 34.4. The number of nitrogens with one attached hydrogen (secondary N) is 1. The fourth-order valence-corrected chi connectivity index (χ4v) is 11.5. The molecule has 0 amide bonds. The van der Waals surface area contributed by atoms with Crippen LogP contribution >= 0.6 is 0 Å². The average Bonchev–Trinajstić information content (AvgIpc) is 3.44. The fraction of sp³-hybridized carbons (Fsp3) is 1.00. The SMILES string of the molecule is CCCCCCCCNCCCC(C)[C@H]1CC[C@H]2C3[C@H](OCCCN)CC4C[C@H](OCCCN)CC[C@]4(C)[C@H]3C[C@H](OCCCN)[C@]12C. The van der Waals surface area contributed by atoms with E-state index in [4.69, 9.17) is 31.4 Å². The molecule has 3 unspecified atom stereocenters. The van der Waals surface area contributed by atoms with Gasteiger partial charge in [-0.1, -0.05) is 59.8 Å². The van der Waals surface area contributed by atoms with Crippen molar-refractivity contribution in [1.82, 2.24) is 5.32 Å². The van der Waals surface area contributed by atoms with Crippen molar-refractivity contribution in [2.75, 3.05) is 52.5 Å². The van der Waals surface area contributed by atoms with Crippen molar-refractivity contribution in [2.24, 2.45) is 63.5 Å². The highest BCUT2D eigenvalue weighted by Gasteiger charge is 2.66. The van der Waals surface area contributed by atoms with Crippen LogP contribution in [0.15, 0.2) is 0 Å². The van der Waals surface area contributed by atoms with Crippen molar-refractivity contribution in [1.29, 1.82) is 0 Å². The first-order valence-electron chi connectivity index (χ1n) is 21.0. The minimum Gasteiger partial charge on any atom is -0.378 e. The van der Waals surface area contributed by atoms with Gasteiger partial charge in [0.2, 0.25) is 0 Å². The first kappa shape index (κ1) is 40.5. The average molecular weight is 677 g/mol. The zero-order valence-corrected chi connectivity index (χ0v) is 32.0. The fourth-order valence-electron chi connectivity index (χ4n) is 11.5. The summed E-state index contributed by atoms with van der Waals surface area (Å²) in [5, 5.41) is 3.77. The molecule has 4 aliphatic carbocycles. The van der Waals surface area contributed by atoms with E-state index in [2.05, 4.69) is 33.0 Å². The molecular formula is C41H80N4O3. The lowest BCUT2D eigenvalue weighted by atomic mass is 9.43.